The van der Waals surface area contributed by atoms with Gasteiger partial charge in [-0.2, -0.15) is 8.78 Å². The van der Waals surface area contributed by atoms with Crippen LogP contribution in [-0.4, -0.2) is 37.2 Å². The molecular formula is C20H19F2NO4. The number of amides is 1. The van der Waals surface area contributed by atoms with E-state index in [0.29, 0.717) is 31.1 Å². The molecular weight excluding hydrogens is 356 g/mol. The summed E-state index contributed by atoms with van der Waals surface area (Å²) in [6, 6.07) is 11.5. The van der Waals surface area contributed by atoms with E-state index in [1.54, 1.807) is 0 Å². The Bertz CT molecular complexity index is 825. The van der Waals surface area contributed by atoms with Gasteiger partial charge in [0.2, 0.25) is 0 Å². The van der Waals surface area contributed by atoms with Gasteiger partial charge in [-0.25, -0.2) is 0 Å². The summed E-state index contributed by atoms with van der Waals surface area (Å²) < 4.78 is 40.1. The molecule has 142 valence electrons. The number of carbonyl (C=O) groups excluding carboxylic acids is 1. The molecule has 0 aromatic heterocycles. The molecule has 2 aliphatic heterocycles. The third kappa shape index (κ3) is 3.67. The number of alkyl halides is 2. The molecule has 1 amide bonds. The molecule has 0 spiro atoms. The van der Waals surface area contributed by atoms with Crippen LogP contribution in [0.2, 0.25) is 0 Å². The van der Waals surface area contributed by atoms with E-state index in [2.05, 4.69) is 4.74 Å². The summed E-state index contributed by atoms with van der Waals surface area (Å²) in [7, 11) is 0. The standard InChI is InChI=1S/C20H19F2NO4/c21-20(22)27-15-6-3-13(4-7-15)19(24)23-9-1-2-16(23)14-5-8-17-18(12-14)26-11-10-25-17/h3-8,12,16,20H,1-2,9-11H2. The third-order valence-electron chi connectivity index (χ3n) is 4.79. The fourth-order valence-electron chi connectivity index (χ4n) is 3.57. The van der Waals surface area contributed by atoms with Crippen LogP contribution in [0, 0.1) is 0 Å². The van der Waals surface area contributed by atoms with Gasteiger partial charge in [0.25, 0.3) is 5.91 Å². The van der Waals surface area contributed by atoms with Crippen LogP contribution >= 0.6 is 0 Å². The number of carbonyl (C=O) groups is 1. The van der Waals surface area contributed by atoms with Gasteiger partial charge in [-0.15, -0.1) is 0 Å². The van der Waals surface area contributed by atoms with Crippen LogP contribution < -0.4 is 14.2 Å². The second-order valence-electron chi connectivity index (χ2n) is 6.46. The van der Waals surface area contributed by atoms with Gasteiger partial charge in [0.1, 0.15) is 19.0 Å². The number of rotatable bonds is 4. The summed E-state index contributed by atoms with van der Waals surface area (Å²) in [5, 5.41) is 0. The van der Waals surface area contributed by atoms with Crippen LogP contribution in [0.5, 0.6) is 17.2 Å². The molecule has 0 radical (unpaired) electrons. The summed E-state index contributed by atoms with van der Waals surface area (Å²) in [5.74, 6) is 1.32. The van der Waals surface area contributed by atoms with Gasteiger partial charge in [-0.05, 0) is 54.8 Å². The zero-order chi connectivity index (χ0) is 18.8. The highest BCUT2D eigenvalue weighted by Gasteiger charge is 2.31. The maximum Gasteiger partial charge on any atom is 0.387 e. The van der Waals surface area contributed by atoms with E-state index in [4.69, 9.17) is 9.47 Å². The molecule has 1 atom stereocenters. The lowest BCUT2D eigenvalue weighted by atomic mass is 10.0. The lowest BCUT2D eigenvalue weighted by molar-refractivity contribution is -0.0498. The van der Waals surface area contributed by atoms with Crippen molar-refractivity contribution in [1.29, 1.82) is 0 Å². The zero-order valence-corrected chi connectivity index (χ0v) is 14.6. The Morgan fingerprint density at radius 2 is 1.81 bits per heavy atom. The first-order valence-corrected chi connectivity index (χ1v) is 8.87. The number of hydrogen-bond donors (Lipinski definition) is 0. The number of fused-ring (bicyclic) bond motifs is 1. The normalized spacial score (nSPS) is 18.6. The SMILES string of the molecule is O=C(c1ccc(OC(F)F)cc1)N1CCCC1c1ccc2c(c1)OCCO2. The molecule has 0 N–H and O–H groups in total. The van der Waals surface area contributed by atoms with E-state index in [1.807, 2.05) is 23.1 Å². The molecule has 5 nitrogen and oxygen atoms in total. The van der Waals surface area contributed by atoms with Gasteiger partial charge in [0.05, 0.1) is 6.04 Å². The minimum absolute atomic E-state index is 0.0337. The number of nitrogens with zero attached hydrogens (tertiary/aromatic N) is 1. The maximum atomic E-state index is 12.9. The second-order valence-corrected chi connectivity index (χ2v) is 6.46. The summed E-state index contributed by atoms with van der Waals surface area (Å²) in [4.78, 5) is 14.7. The third-order valence-corrected chi connectivity index (χ3v) is 4.79. The minimum Gasteiger partial charge on any atom is -0.486 e. The molecule has 1 unspecified atom stereocenters. The molecule has 0 bridgehead atoms. The van der Waals surface area contributed by atoms with Crippen molar-refractivity contribution in [3.8, 4) is 17.2 Å². The van der Waals surface area contributed by atoms with Crippen LogP contribution in [0.1, 0.15) is 34.8 Å². The van der Waals surface area contributed by atoms with E-state index in [1.165, 1.54) is 24.3 Å². The maximum absolute atomic E-state index is 12.9. The Hall–Kier alpha value is -2.83. The lowest BCUT2D eigenvalue weighted by Crippen LogP contribution is -2.30. The van der Waals surface area contributed by atoms with Crippen molar-refractivity contribution >= 4 is 5.91 Å². The largest absolute Gasteiger partial charge is 0.486 e. The predicted octanol–water partition coefficient (Wildman–Crippen LogP) is 4.04. The molecule has 0 saturated carbocycles. The molecule has 1 saturated heterocycles. The first-order chi connectivity index (χ1) is 13.1. The van der Waals surface area contributed by atoms with Crippen LogP contribution in [0.25, 0.3) is 0 Å². The van der Waals surface area contributed by atoms with Crippen molar-refractivity contribution < 1.29 is 27.8 Å². The predicted molar refractivity (Wildman–Crippen MR) is 93.5 cm³/mol. The number of halogens is 2. The van der Waals surface area contributed by atoms with Crippen molar-refractivity contribution in [2.45, 2.75) is 25.5 Å². The molecule has 2 heterocycles. The Morgan fingerprint density at radius 1 is 1.07 bits per heavy atom. The van der Waals surface area contributed by atoms with E-state index < -0.39 is 6.61 Å². The van der Waals surface area contributed by atoms with Gasteiger partial charge in [0, 0.05) is 12.1 Å². The summed E-state index contributed by atoms with van der Waals surface area (Å²) in [6.07, 6.45) is 1.76. The average molecular weight is 375 g/mol. The fourth-order valence-corrected chi connectivity index (χ4v) is 3.57. The van der Waals surface area contributed by atoms with Crippen molar-refractivity contribution in [3.63, 3.8) is 0 Å². The molecule has 27 heavy (non-hydrogen) atoms. The Balaban J connectivity index is 1.53. The van der Waals surface area contributed by atoms with Gasteiger partial charge in [0.15, 0.2) is 11.5 Å². The van der Waals surface area contributed by atoms with E-state index in [0.717, 1.165) is 24.2 Å². The van der Waals surface area contributed by atoms with Crippen LogP contribution in [0.3, 0.4) is 0 Å². The van der Waals surface area contributed by atoms with Gasteiger partial charge in [-0.1, -0.05) is 6.07 Å². The van der Waals surface area contributed by atoms with E-state index in [-0.39, 0.29) is 17.7 Å². The fraction of sp³-hybridized carbons (Fsp3) is 0.350. The van der Waals surface area contributed by atoms with Crippen molar-refractivity contribution in [3.05, 3.63) is 53.6 Å². The van der Waals surface area contributed by atoms with Gasteiger partial charge < -0.3 is 19.1 Å². The molecule has 0 aliphatic carbocycles. The first kappa shape index (κ1) is 17.6. The molecule has 4 rings (SSSR count). The van der Waals surface area contributed by atoms with E-state index >= 15 is 0 Å². The van der Waals surface area contributed by atoms with E-state index in [9.17, 15) is 13.6 Å². The van der Waals surface area contributed by atoms with Crippen molar-refractivity contribution in [2.75, 3.05) is 19.8 Å². The average Bonchev–Trinajstić information content (AvgIpc) is 3.17. The highest BCUT2D eigenvalue weighted by atomic mass is 19.3. The van der Waals surface area contributed by atoms with Crippen LogP contribution in [-0.2, 0) is 0 Å². The van der Waals surface area contributed by atoms with Crippen LogP contribution in [0.4, 0.5) is 8.78 Å². The van der Waals surface area contributed by atoms with Gasteiger partial charge in [-0.3, -0.25) is 4.79 Å². The van der Waals surface area contributed by atoms with Crippen molar-refractivity contribution in [2.24, 2.45) is 0 Å². The zero-order valence-electron chi connectivity index (χ0n) is 14.6. The smallest absolute Gasteiger partial charge is 0.387 e. The number of likely N-dealkylation sites (tertiary alicyclic amines) is 1. The highest BCUT2D eigenvalue weighted by Crippen LogP contribution is 2.38. The Morgan fingerprint density at radius 3 is 2.56 bits per heavy atom. The quantitative estimate of drug-likeness (QED) is 0.809. The number of ether oxygens (including phenoxy) is 3. The molecule has 2 aromatic carbocycles. The molecule has 2 aromatic rings. The lowest BCUT2D eigenvalue weighted by Gasteiger charge is -2.27. The molecule has 2 aliphatic rings. The summed E-state index contributed by atoms with van der Waals surface area (Å²) >= 11 is 0. The topological polar surface area (TPSA) is 48.0 Å². The summed E-state index contributed by atoms with van der Waals surface area (Å²) in [5.41, 5.74) is 1.45. The number of benzene rings is 2. The highest BCUT2D eigenvalue weighted by molar-refractivity contribution is 5.94. The molecule has 7 heteroatoms. The van der Waals surface area contributed by atoms with Crippen LogP contribution in [0.15, 0.2) is 42.5 Å². The van der Waals surface area contributed by atoms with Gasteiger partial charge >= 0.3 is 6.61 Å². The Kier molecular flexibility index (Phi) is 4.83. The minimum atomic E-state index is -2.88. The monoisotopic (exact) mass is 375 g/mol. The van der Waals surface area contributed by atoms with Crippen molar-refractivity contribution in [1.82, 2.24) is 4.90 Å². The molecule has 1 fully saturated rings. The first-order valence-electron chi connectivity index (χ1n) is 8.87. The number of hydrogen-bond acceptors (Lipinski definition) is 4. The summed E-state index contributed by atoms with van der Waals surface area (Å²) in [6.45, 7) is -1.19. The Labute approximate surface area is 155 Å². The second kappa shape index (κ2) is 7.42.